The molecule has 0 radical (unpaired) electrons. The van der Waals surface area contributed by atoms with Crippen LogP contribution in [0.1, 0.15) is 25.3 Å². The number of nitrogens with one attached hydrogen (secondary N) is 2. The molecule has 3 heterocycles. The van der Waals surface area contributed by atoms with Gasteiger partial charge >= 0.3 is 0 Å². The van der Waals surface area contributed by atoms with Crippen LogP contribution in [0.5, 0.6) is 11.5 Å². The van der Waals surface area contributed by atoms with Crippen molar-refractivity contribution in [1.29, 1.82) is 0 Å². The van der Waals surface area contributed by atoms with E-state index in [1.165, 1.54) is 18.5 Å². The first-order valence-corrected chi connectivity index (χ1v) is 10.7. The fraction of sp³-hybridized carbons (Fsp3) is 0.375. The SMILES string of the molecule is C[C@H]1CCCN(c2ccc(NCc3cc4cc5c(cc4[nH]c3=O)OCCO5)cc2)C1. The van der Waals surface area contributed by atoms with Gasteiger partial charge in [0, 0.05) is 48.0 Å². The molecular weight excluding hydrogens is 378 g/mol. The lowest BCUT2D eigenvalue weighted by Crippen LogP contribution is -2.34. The molecule has 30 heavy (non-hydrogen) atoms. The molecule has 0 amide bonds. The van der Waals surface area contributed by atoms with E-state index >= 15 is 0 Å². The third-order valence-corrected chi connectivity index (χ3v) is 5.96. The number of rotatable bonds is 4. The summed E-state index contributed by atoms with van der Waals surface area (Å²) in [5.74, 6) is 2.15. The van der Waals surface area contributed by atoms with Crippen molar-refractivity contribution in [3.05, 3.63) is 58.4 Å². The maximum Gasteiger partial charge on any atom is 0.253 e. The van der Waals surface area contributed by atoms with E-state index in [0.717, 1.165) is 41.3 Å². The molecule has 3 aromatic rings. The van der Waals surface area contributed by atoms with Crippen molar-refractivity contribution in [3.63, 3.8) is 0 Å². The summed E-state index contributed by atoms with van der Waals surface area (Å²) in [5, 5.41) is 4.31. The summed E-state index contributed by atoms with van der Waals surface area (Å²) in [4.78, 5) is 18.0. The monoisotopic (exact) mass is 405 g/mol. The standard InChI is InChI=1S/C24H27N3O3/c1-16-3-2-8-27(15-16)20-6-4-19(5-7-20)25-14-18-11-17-12-22-23(30-10-9-29-22)13-21(17)26-24(18)28/h4-7,11-13,16,25H,2-3,8-10,14-15H2,1H3,(H,26,28)/t16-/m0/s1. The Labute approximate surface area is 175 Å². The summed E-state index contributed by atoms with van der Waals surface area (Å²) < 4.78 is 11.3. The number of nitrogens with zero attached hydrogens (tertiary/aromatic N) is 1. The van der Waals surface area contributed by atoms with Crippen LogP contribution in [0.2, 0.25) is 0 Å². The van der Waals surface area contributed by atoms with Gasteiger partial charge in [-0.05, 0) is 55.2 Å². The number of H-pyrrole nitrogens is 1. The molecule has 5 rings (SSSR count). The largest absolute Gasteiger partial charge is 0.486 e. The highest BCUT2D eigenvalue weighted by atomic mass is 16.6. The zero-order chi connectivity index (χ0) is 20.5. The number of benzene rings is 2. The van der Waals surface area contributed by atoms with Crippen molar-refractivity contribution < 1.29 is 9.47 Å². The van der Waals surface area contributed by atoms with Crippen LogP contribution in [0.4, 0.5) is 11.4 Å². The summed E-state index contributed by atoms with van der Waals surface area (Å²) in [5.41, 5.74) is 3.62. The molecule has 0 unspecified atom stereocenters. The molecule has 0 spiro atoms. The predicted octanol–water partition coefficient (Wildman–Crippen LogP) is 4.15. The first-order valence-electron chi connectivity index (χ1n) is 10.7. The van der Waals surface area contributed by atoms with E-state index in [-0.39, 0.29) is 5.56 Å². The van der Waals surface area contributed by atoms with Crippen molar-refractivity contribution in [2.75, 3.05) is 36.5 Å². The van der Waals surface area contributed by atoms with Crippen molar-refractivity contribution in [2.24, 2.45) is 5.92 Å². The van der Waals surface area contributed by atoms with Crippen LogP contribution >= 0.6 is 0 Å². The van der Waals surface area contributed by atoms with Gasteiger partial charge in [0.2, 0.25) is 0 Å². The Morgan fingerprint density at radius 1 is 1.10 bits per heavy atom. The molecule has 0 aliphatic carbocycles. The lowest BCUT2D eigenvalue weighted by atomic mass is 10.00. The van der Waals surface area contributed by atoms with E-state index in [4.69, 9.17) is 9.47 Å². The van der Waals surface area contributed by atoms with E-state index in [0.29, 0.717) is 31.1 Å². The molecule has 2 aliphatic heterocycles. The lowest BCUT2D eigenvalue weighted by Gasteiger charge is -2.32. The van der Waals surface area contributed by atoms with Crippen LogP contribution in [0.15, 0.2) is 47.3 Å². The number of piperidine rings is 1. The fourth-order valence-corrected chi connectivity index (χ4v) is 4.33. The van der Waals surface area contributed by atoms with E-state index in [2.05, 4.69) is 46.4 Å². The molecule has 2 aliphatic rings. The van der Waals surface area contributed by atoms with Gasteiger partial charge in [-0.2, -0.15) is 0 Å². The van der Waals surface area contributed by atoms with Crippen molar-refractivity contribution in [2.45, 2.75) is 26.3 Å². The van der Waals surface area contributed by atoms with Crippen LogP contribution in [0.3, 0.4) is 0 Å². The van der Waals surface area contributed by atoms with Crippen LogP contribution in [0.25, 0.3) is 10.9 Å². The first kappa shape index (κ1) is 18.9. The third-order valence-electron chi connectivity index (χ3n) is 5.96. The quantitative estimate of drug-likeness (QED) is 0.683. The zero-order valence-electron chi connectivity index (χ0n) is 17.2. The molecule has 0 bridgehead atoms. The van der Waals surface area contributed by atoms with Gasteiger partial charge in [0.15, 0.2) is 11.5 Å². The molecule has 6 nitrogen and oxygen atoms in total. The summed E-state index contributed by atoms with van der Waals surface area (Å²) in [6, 6.07) is 14.2. The topological polar surface area (TPSA) is 66.6 Å². The number of pyridine rings is 1. The van der Waals surface area contributed by atoms with E-state index in [9.17, 15) is 4.79 Å². The average molecular weight is 405 g/mol. The second-order valence-corrected chi connectivity index (χ2v) is 8.30. The van der Waals surface area contributed by atoms with E-state index < -0.39 is 0 Å². The van der Waals surface area contributed by atoms with Crippen molar-refractivity contribution >= 4 is 22.3 Å². The summed E-state index contributed by atoms with van der Waals surface area (Å²) >= 11 is 0. The summed E-state index contributed by atoms with van der Waals surface area (Å²) in [7, 11) is 0. The maximum absolute atomic E-state index is 12.5. The molecule has 2 aromatic carbocycles. The maximum atomic E-state index is 12.5. The molecule has 156 valence electrons. The summed E-state index contributed by atoms with van der Waals surface area (Å²) in [6.45, 7) is 6.10. The highest BCUT2D eigenvalue weighted by Gasteiger charge is 2.17. The van der Waals surface area contributed by atoms with Crippen LogP contribution < -0.4 is 25.2 Å². The van der Waals surface area contributed by atoms with Gasteiger partial charge in [0.25, 0.3) is 5.56 Å². The van der Waals surface area contributed by atoms with Gasteiger partial charge in [-0.1, -0.05) is 6.92 Å². The Balaban J connectivity index is 1.31. The van der Waals surface area contributed by atoms with Gasteiger partial charge in [-0.3, -0.25) is 4.79 Å². The molecule has 1 saturated heterocycles. The molecule has 2 N–H and O–H groups in total. The van der Waals surface area contributed by atoms with E-state index in [1.807, 2.05) is 18.2 Å². The molecule has 1 fully saturated rings. The molecule has 1 aromatic heterocycles. The van der Waals surface area contributed by atoms with Crippen LogP contribution in [0, 0.1) is 5.92 Å². The second-order valence-electron chi connectivity index (χ2n) is 8.30. The summed E-state index contributed by atoms with van der Waals surface area (Å²) in [6.07, 6.45) is 2.57. The number of aromatic amines is 1. The number of ether oxygens (including phenoxy) is 2. The number of fused-ring (bicyclic) bond motifs is 2. The minimum Gasteiger partial charge on any atom is -0.486 e. The smallest absolute Gasteiger partial charge is 0.253 e. The van der Waals surface area contributed by atoms with Crippen LogP contribution in [-0.2, 0) is 6.54 Å². The van der Waals surface area contributed by atoms with Gasteiger partial charge in [-0.25, -0.2) is 0 Å². The lowest BCUT2D eigenvalue weighted by molar-refractivity contribution is 0.172. The molecule has 1 atom stereocenters. The molecule has 0 saturated carbocycles. The zero-order valence-corrected chi connectivity index (χ0v) is 17.2. The predicted molar refractivity (Wildman–Crippen MR) is 120 cm³/mol. The second kappa shape index (κ2) is 7.94. The number of aromatic nitrogens is 1. The normalized spacial score (nSPS) is 18.4. The number of hydrogen-bond acceptors (Lipinski definition) is 5. The highest BCUT2D eigenvalue weighted by Crippen LogP contribution is 2.33. The Bertz CT molecular complexity index is 1110. The highest BCUT2D eigenvalue weighted by molar-refractivity contribution is 5.83. The van der Waals surface area contributed by atoms with Crippen LogP contribution in [-0.4, -0.2) is 31.3 Å². The van der Waals surface area contributed by atoms with Gasteiger partial charge in [0.1, 0.15) is 13.2 Å². The Hall–Kier alpha value is -3.15. The minimum atomic E-state index is -0.0920. The molecule has 6 heteroatoms. The third kappa shape index (κ3) is 3.82. The number of anilines is 2. The van der Waals surface area contributed by atoms with Gasteiger partial charge in [-0.15, -0.1) is 0 Å². The minimum absolute atomic E-state index is 0.0920. The average Bonchev–Trinajstić information content (AvgIpc) is 2.77. The number of hydrogen-bond donors (Lipinski definition) is 2. The van der Waals surface area contributed by atoms with Crippen molar-refractivity contribution in [1.82, 2.24) is 4.98 Å². The fourth-order valence-electron chi connectivity index (χ4n) is 4.33. The Kier molecular flexibility index (Phi) is 4.99. The Morgan fingerprint density at radius 2 is 1.87 bits per heavy atom. The van der Waals surface area contributed by atoms with Crippen molar-refractivity contribution in [3.8, 4) is 11.5 Å². The van der Waals surface area contributed by atoms with Gasteiger partial charge in [0.05, 0.1) is 5.52 Å². The van der Waals surface area contributed by atoms with Gasteiger partial charge < -0.3 is 24.7 Å². The first-order chi connectivity index (χ1) is 14.7. The molecular formula is C24H27N3O3. The Morgan fingerprint density at radius 3 is 2.63 bits per heavy atom. The van der Waals surface area contributed by atoms with E-state index in [1.54, 1.807) is 0 Å².